The van der Waals surface area contributed by atoms with Gasteiger partial charge in [0, 0.05) is 6.20 Å². The molecule has 17 heavy (non-hydrogen) atoms. The Morgan fingerprint density at radius 1 is 1.29 bits per heavy atom. The number of benzene rings is 1. The molecule has 0 spiro atoms. The van der Waals surface area contributed by atoms with Crippen LogP contribution in [0.2, 0.25) is 0 Å². The standard InChI is InChI=1S/C13H14N2O2/c1-2-10-17-13(16)12-8-9-15(14-12)11-6-4-3-5-7-11/h3-9H,2,10H2,1H3. The van der Waals surface area contributed by atoms with E-state index in [0.29, 0.717) is 12.3 Å². The van der Waals surface area contributed by atoms with Crippen LogP contribution in [-0.2, 0) is 4.74 Å². The molecule has 0 atom stereocenters. The molecule has 0 aliphatic heterocycles. The molecule has 0 saturated heterocycles. The Morgan fingerprint density at radius 3 is 2.76 bits per heavy atom. The first-order chi connectivity index (χ1) is 8.31. The number of nitrogens with zero attached hydrogens (tertiary/aromatic N) is 2. The molecule has 0 amide bonds. The molecule has 2 rings (SSSR count). The maximum absolute atomic E-state index is 11.6. The average molecular weight is 230 g/mol. The van der Waals surface area contributed by atoms with E-state index in [1.165, 1.54) is 0 Å². The molecule has 2 aromatic rings. The number of carbonyl (C=O) groups is 1. The lowest BCUT2D eigenvalue weighted by atomic mass is 10.3. The van der Waals surface area contributed by atoms with E-state index in [1.54, 1.807) is 16.9 Å². The van der Waals surface area contributed by atoms with Crippen molar-refractivity contribution in [2.75, 3.05) is 6.61 Å². The topological polar surface area (TPSA) is 44.1 Å². The van der Waals surface area contributed by atoms with E-state index >= 15 is 0 Å². The molecule has 0 aliphatic carbocycles. The predicted molar refractivity (Wildman–Crippen MR) is 64.1 cm³/mol. The first-order valence-electron chi connectivity index (χ1n) is 5.59. The van der Waals surface area contributed by atoms with Crippen LogP contribution < -0.4 is 0 Å². The maximum atomic E-state index is 11.6. The van der Waals surface area contributed by atoms with Gasteiger partial charge in [-0.3, -0.25) is 0 Å². The Balaban J connectivity index is 2.14. The van der Waals surface area contributed by atoms with Crippen LogP contribution in [0.15, 0.2) is 42.6 Å². The zero-order chi connectivity index (χ0) is 12.1. The largest absolute Gasteiger partial charge is 0.461 e. The van der Waals surface area contributed by atoms with Gasteiger partial charge in [-0.2, -0.15) is 5.10 Å². The molecule has 4 heteroatoms. The number of para-hydroxylation sites is 1. The maximum Gasteiger partial charge on any atom is 0.358 e. The summed E-state index contributed by atoms with van der Waals surface area (Å²) in [5.74, 6) is -0.374. The van der Waals surface area contributed by atoms with Crippen LogP contribution in [0.1, 0.15) is 23.8 Å². The second-order valence-electron chi connectivity index (χ2n) is 3.62. The van der Waals surface area contributed by atoms with Gasteiger partial charge in [0.25, 0.3) is 0 Å². The van der Waals surface area contributed by atoms with Crippen molar-refractivity contribution in [1.29, 1.82) is 0 Å². The Hall–Kier alpha value is -2.10. The third-order valence-corrected chi connectivity index (χ3v) is 2.26. The molecule has 0 aliphatic rings. The third-order valence-electron chi connectivity index (χ3n) is 2.26. The highest BCUT2D eigenvalue weighted by Crippen LogP contribution is 2.07. The zero-order valence-electron chi connectivity index (χ0n) is 9.67. The van der Waals surface area contributed by atoms with Gasteiger partial charge in [0.05, 0.1) is 12.3 Å². The lowest BCUT2D eigenvalue weighted by molar-refractivity contribution is 0.0497. The summed E-state index contributed by atoms with van der Waals surface area (Å²) in [5, 5.41) is 4.18. The lowest BCUT2D eigenvalue weighted by Gasteiger charge is -2.00. The van der Waals surface area contributed by atoms with Gasteiger partial charge in [0.15, 0.2) is 5.69 Å². The normalized spacial score (nSPS) is 10.2. The zero-order valence-corrected chi connectivity index (χ0v) is 9.67. The van der Waals surface area contributed by atoms with Gasteiger partial charge >= 0.3 is 5.97 Å². The van der Waals surface area contributed by atoms with Gasteiger partial charge in [-0.25, -0.2) is 9.48 Å². The minimum absolute atomic E-state index is 0.335. The number of carbonyl (C=O) groups excluding carboxylic acids is 1. The number of aromatic nitrogens is 2. The Labute approximate surface area is 99.8 Å². The second-order valence-corrected chi connectivity index (χ2v) is 3.62. The van der Waals surface area contributed by atoms with Gasteiger partial charge in [-0.1, -0.05) is 25.1 Å². The van der Waals surface area contributed by atoms with Crippen LogP contribution in [0.25, 0.3) is 5.69 Å². The molecular weight excluding hydrogens is 216 g/mol. The SMILES string of the molecule is CCCOC(=O)c1ccn(-c2ccccc2)n1. The average Bonchev–Trinajstić information content (AvgIpc) is 2.86. The van der Waals surface area contributed by atoms with E-state index in [4.69, 9.17) is 4.74 Å². The Morgan fingerprint density at radius 2 is 2.06 bits per heavy atom. The molecule has 0 N–H and O–H groups in total. The molecule has 88 valence electrons. The van der Waals surface area contributed by atoms with Crippen molar-refractivity contribution in [2.24, 2.45) is 0 Å². The number of rotatable bonds is 4. The van der Waals surface area contributed by atoms with Gasteiger partial charge in [0.1, 0.15) is 0 Å². The van der Waals surface area contributed by atoms with Gasteiger partial charge in [0.2, 0.25) is 0 Å². The highest BCUT2D eigenvalue weighted by atomic mass is 16.5. The van der Waals surface area contributed by atoms with E-state index in [2.05, 4.69) is 5.10 Å². The molecule has 0 saturated carbocycles. The lowest BCUT2D eigenvalue weighted by Crippen LogP contribution is -2.07. The minimum Gasteiger partial charge on any atom is -0.461 e. The summed E-state index contributed by atoms with van der Waals surface area (Å²) >= 11 is 0. The van der Waals surface area contributed by atoms with Crippen molar-refractivity contribution in [1.82, 2.24) is 9.78 Å². The molecular formula is C13H14N2O2. The van der Waals surface area contributed by atoms with Crippen LogP contribution in [0, 0.1) is 0 Å². The third kappa shape index (κ3) is 2.72. The summed E-state index contributed by atoms with van der Waals surface area (Å²) in [6.07, 6.45) is 2.56. The molecule has 0 bridgehead atoms. The first-order valence-corrected chi connectivity index (χ1v) is 5.59. The van der Waals surface area contributed by atoms with Crippen molar-refractivity contribution in [3.8, 4) is 5.69 Å². The van der Waals surface area contributed by atoms with Crippen LogP contribution in [0.5, 0.6) is 0 Å². The van der Waals surface area contributed by atoms with Gasteiger partial charge < -0.3 is 4.74 Å². The number of esters is 1. The number of ether oxygens (including phenoxy) is 1. The fourth-order valence-corrected chi connectivity index (χ4v) is 1.43. The molecule has 0 unspecified atom stereocenters. The van der Waals surface area contributed by atoms with Crippen LogP contribution in [0.3, 0.4) is 0 Å². The first kappa shape index (κ1) is 11.4. The van der Waals surface area contributed by atoms with Crippen molar-refractivity contribution < 1.29 is 9.53 Å². The molecule has 4 nitrogen and oxygen atoms in total. The van der Waals surface area contributed by atoms with Crippen molar-refractivity contribution in [3.05, 3.63) is 48.3 Å². The molecule has 0 radical (unpaired) electrons. The fraction of sp³-hybridized carbons (Fsp3) is 0.231. The van der Waals surface area contributed by atoms with Gasteiger partial charge in [-0.15, -0.1) is 0 Å². The van der Waals surface area contributed by atoms with Crippen molar-refractivity contribution in [3.63, 3.8) is 0 Å². The highest BCUT2D eigenvalue weighted by molar-refractivity contribution is 5.87. The molecule has 0 fully saturated rings. The van der Waals surface area contributed by atoms with E-state index in [0.717, 1.165) is 12.1 Å². The summed E-state index contributed by atoms with van der Waals surface area (Å²) in [4.78, 5) is 11.6. The molecule has 1 aromatic carbocycles. The number of hydrogen-bond donors (Lipinski definition) is 0. The highest BCUT2D eigenvalue weighted by Gasteiger charge is 2.10. The Kier molecular flexibility index (Phi) is 3.55. The predicted octanol–water partition coefficient (Wildman–Crippen LogP) is 2.44. The van der Waals surface area contributed by atoms with E-state index in [-0.39, 0.29) is 5.97 Å². The van der Waals surface area contributed by atoms with Crippen molar-refractivity contribution in [2.45, 2.75) is 13.3 Å². The second kappa shape index (κ2) is 5.30. The van der Waals surface area contributed by atoms with Gasteiger partial charge in [-0.05, 0) is 24.6 Å². The van der Waals surface area contributed by atoms with E-state index < -0.39 is 0 Å². The van der Waals surface area contributed by atoms with E-state index in [1.807, 2.05) is 37.3 Å². The summed E-state index contributed by atoms with van der Waals surface area (Å²) in [7, 11) is 0. The Bertz CT molecular complexity index is 491. The summed E-state index contributed by atoms with van der Waals surface area (Å²) < 4.78 is 6.67. The molecule has 1 aromatic heterocycles. The quantitative estimate of drug-likeness (QED) is 0.758. The summed E-state index contributed by atoms with van der Waals surface area (Å²) in [6, 6.07) is 11.3. The minimum atomic E-state index is -0.374. The molecule has 1 heterocycles. The van der Waals surface area contributed by atoms with Crippen LogP contribution in [-0.4, -0.2) is 22.4 Å². The fourth-order valence-electron chi connectivity index (χ4n) is 1.43. The van der Waals surface area contributed by atoms with Crippen LogP contribution in [0.4, 0.5) is 0 Å². The smallest absolute Gasteiger partial charge is 0.358 e. The van der Waals surface area contributed by atoms with E-state index in [9.17, 15) is 4.79 Å². The van der Waals surface area contributed by atoms with Crippen molar-refractivity contribution >= 4 is 5.97 Å². The summed E-state index contributed by atoms with van der Waals surface area (Å²) in [6.45, 7) is 2.38. The van der Waals surface area contributed by atoms with Crippen LogP contribution >= 0.6 is 0 Å². The summed E-state index contributed by atoms with van der Waals surface area (Å²) in [5.41, 5.74) is 1.25. The monoisotopic (exact) mass is 230 g/mol. The number of hydrogen-bond acceptors (Lipinski definition) is 3.